The van der Waals surface area contributed by atoms with Crippen LogP contribution in [0.2, 0.25) is 0 Å². The molecule has 0 amide bonds. The maximum absolute atomic E-state index is 14.3. The molecule has 0 unspecified atom stereocenters. The van der Waals surface area contributed by atoms with Crippen molar-refractivity contribution in [2.24, 2.45) is 5.92 Å². The van der Waals surface area contributed by atoms with Gasteiger partial charge >= 0.3 is 0 Å². The lowest BCUT2D eigenvalue weighted by Crippen LogP contribution is -2.39. The third kappa shape index (κ3) is 3.64. The average molecular weight is 471 g/mol. The van der Waals surface area contributed by atoms with E-state index in [1.165, 1.54) is 10.6 Å². The number of rotatable bonds is 4. The molecule has 1 fully saturated rings. The molecule has 0 radical (unpaired) electrons. The van der Waals surface area contributed by atoms with Gasteiger partial charge < -0.3 is 15.7 Å². The second kappa shape index (κ2) is 7.86. The van der Waals surface area contributed by atoms with Gasteiger partial charge in [0.15, 0.2) is 17.3 Å². The van der Waals surface area contributed by atoms with Crippen molar-refractivity contribution in [3.8, 4) is 0 Å². The highest BCUT2D eigenvalue weighted by atomic mass is 19.1. The SMILES string of the molecule is Cc1nn(C(C)(C)CO)cc1N1C[C@@H](C)C[C@@H](c2nc3c4cc(F)cc(F)c4nc(N)n3n2)C1. The Hall–Kier alpha value is -3.34. The first-order valence-electron chi connectivity index (χ1n) is 11.3. The Balaban J connectivity index is 1.54. The smallest absolute Gasteiger partial charge is 0.223 e. The van der Waals surface area contributed by atoms with Gasteiger partial charge in [-0.1, -0.05) is 6.92 Å². The summed E-state index contributed by atoms with van der Waals surface area (Å²) in [7, 11) is 0. The van der Waals surface area contributed by atoms with Crippen LogP contribution in [0.5, 0.6) is 0 Å². The maximum atomic E-state index is 14.3. The first-order valence-corrected chi connectivity index (χ1v) is 11.3. The third-order valence-corrected chi connectivity index (χ3v) is 6.58. The second-order valence-electron chi connectivity index (χ2n) is 9.92. The lowest BCUT2D eigenvalue weighted by molar-refractivity contribution is 0.152. The molecule has 34 heavy (non-hydrogen) atoms. The minimum absolute atomic E-state index is 0.00386. The van der Waals surface area contributed by atoms with Crippen molar-refractivity contribution in [2.45, 2.75) is 45.6 Å². The van der Waals surface area contributed by atoms with Gasteiger partial charge in [-0.25, -0.2) is 18.7 Å². The predicted molar refractivity (Wildman–Crippen MR) is 125 cm³/mol. The summed E-state index contributed by atoms with van der Waals surface area (Å²) in [4.78, 5) is 11.0. The number of nitrogens with zero attached hydrogens (tertiary/aromatic N) is 7. The van der Waals surface area contributed by atoms with Crippen molar-refractivity contribution in [3.05, 3.63) is 41.5 Å². The summed E-state index contributed by atoms with van der Waals surface area (Å²) >= 11 is 0. The average Bonchev–Trinajstić information content (AvgIpc) is 3.40. The quantitative estimate of drug-likeness (QED) is 0.472. The summed E-state index contributed by atoms with van der Waals surface area (Å²) < 4.78 is 31.4. The third-order valence-electron chi connectivity index (χ3n) is 6.58. The number of nitrogens with two attached hydrogens (primary N) is 1. The Bertz CT molecular complexity index is 1400. The van der Waals surface area contributed by atoms with Crippen molar-refractivity contribution in [1.29, 1.82) is 0 Å². The Kier molecular flexibility index (Phi) is 5.19. The van der Waals surface area contributed by atoms with E-state index in [1.54, 1.807) is 4.68 Å². The Morgan fingerprint density at radius 3 is 2.68 bits per heavy atom. The topological polar surface area (TPSA) is 110 Å². The molecule has 0 spiro atoms. The summed E-state index contributed by atoms with van der Waals surface area (Å²) in [5.41, 5.74) is 7.66. The number of hydrogen-bond donors (Lipinski definition) is 2. The van der Waals surface area contributed by atoms with E-state index in [1.807, 2.05) is 27.0 Å². The molecule has 2 atom stereocenters. The first kappa shape index (κ1) is 22.5. The van der Waals surface area contributed by atoms with Crippen molar-refractivity contribution in [3.63, 3.8) is 0 Å². The van der Waals surface area contributed by atoms with Gasteiger partial charge in [-0.15, -0.1) is 5.10 Å². The fourth-order valence-electron chi connectivity index (χ4n) is 4.73. The van der Waals surface area contributed by atoms with E-state index < -0.39 is 17.2 Å². The van der Waals surface area contributed by atoms with Crippen molar-refractivity contribution in [1.82, 2.24) is 29.4 Å². The van der Waals surface area contributed by atoms with Gasteiger partial charge in [-0.3, -0.25) is 4.68 Å². The molecule has 4 aromatic rings. The monoisotopic (exact) mass is 470 g/mol. The van der Waals surface area contributed by atoms with E-state index in [0.717, 1.165) is 30.4 Å². The van der Waals surface area contributed by atoms with Crippen molar-refractivity contribution < 1.29 is 13.9 Å². The second-order valence-corrected chi connectivity index (χ2v) is 9.92. The van der Waals surface area contributed by atoms with Crippen LogP contribution in [0.1, 0.15) is 44.6 Å². The summed E-state index contributed by atoms with van der Waals surface area (Å²) in [5.74, 6) is -0.617. The van der Waals surface area contributed by atoms with E-state index in [-0.39, 0.29) is 35.0 Å². The molecule has 180 valence electrons. The van der Waals surface area contributed by atoms with Gasteiger partial charge in [0, 0.05) is 31.3 Å². The number of aromatic nitrogens is 6. The molecule has 3 N–H and O–H groups in total. The van der Waals surface area contributed by atoms with Crippen LogP contribution in [-0.4, -0.2) is 54.2 Å². The first-order chi connectivity index (χ1) is 16.1. The van der Waals surface area contributed by atoms with Crippen LogP contribution < -0.4 is 10.6 Å². The summed E-state index contributed by atoms with van der Waals surface area (Å²) in [6.45, 7) is 9.46. The summed E-state index contributed by atoms with van der Waals surface area (Å²) in [5, 5.41) is 19.2. The van der Waals surface area contributed by atoms with Crippen LogP contribution in [0, 0.1) is 24.5 Å². The highest BCUT2D eigenvalue weighted by Gasteiger charge is 2.32. The molecular formula is C23H28F2N8O. The molecule has 1 aliphatic rings. The fourth-order valence-corrected chi connectivity index (χ4v) is 4.73. The molecule has 5 rings (SSSR count). The minimum Gasteiger partial charge on any atom is -0.394 e. The van der Waals surface area contributed by atoms with Gasteiger partial charge in [0.2, 0.25) is 5.95 Å². The normalized spacial score (nSPS) is 19.4. The fraction of sp³-hybridized carbons (Fsp3) is 0.478. The van der Waals surface area contributed by atoms with E-state index >= 15 is 0 Å². The number of anilines is 2. The van der Waals surface area contributed by atoms with Crippen molar-refractivity contribution >= 4 is 28.2 Å². The Morgan fingerprint density at radius 1 is 1.18 bits per heavy atom. The number of nitrogen functional groups attached to an aromatic ring is 1. The molecule has 1 aliphatic heterocycles. The van der Waals surface area contributed by atoms with E-state index in [9.17, 15) is 13.9 Å². The van der Waals surface area contributed by atoms with Gasteiger partial charge in [-0.05, 0) is 39.2 Å². The van der Waals surface area contributed by atoms with Gasteiger partial charge in [0.25, 0.3) is 0 Å². The largest absolute Gasteiger partial charge is 0.394 e. The zero-order valence-corrected chi connectivity index (χ0v) is 19.6. The highest BCUT2D eigenvalue weighted by molar-refractivity contribution is 5.92. The zero-order valence-electron chi connectivity index (χ0n) is 19.6. The lowest BCUT2D eigenvalue weighted by atomic mass is 9.89. The van der Waals surface area contributed by atoms with Crippen LogP contribution in [-0.2, 0) is 5.54 Å². The Morgan fingerprint density at radius 2 is 1.94 bits per heavy atom. The molecular weight excluding hydrogens is 442 g/mol. The van der Waals surface area contributed by atoms with Crippen LogP contribution in [0.25, 0.3) is 16.6 Å². The van der Waals surface area contributed by atoms with Gasteiger partial charge in [0.05, 0.1) is 28.9 Å². The molecule has 9 nitrogen and oxygen atoms in total. The number of fused-ring (bicyclic) bond motifs is 3. The molecule has 1 saturated heterocycles. The van der Waals surface area contributed by atoms with Crippen molar-refractivity contribution in [2.75, 3.05) is 30.3 Å². The number of benzene rings is 1. The Labute approximate surface area is 195 Å². The maximum Gasteiger partial charge on any atom is 0.223 e. The standard InChI is InChI=1S/C23H28F2N8O/c1-12-5-14(9-31(8-12)18-10-32(29-13(18)2)23(3,4)11-34)20-28-21-16-6-15(24)7-17(25)19(16)27-22(26)33(21)30-20/h6-7,10,12,14,34H,5,8-9,11H2,1-4H3,(H2,26,27)/t12-,14+/m0/s1. The van der Waals surface area contributed by atoms with Crippen LogP contribution >= 0.6 is 0 Å². The molecule has 3 aromatic heterocycles. The lowest BCUT2D eigenvalue weighted by Gasteiger charge is -2.36. The van der Waals surface area contributed by atoms with E-state index in [2.05, 4.69) is 32.0 Å². The van der Waals surface area contributed by atoms with Gasteiger partial charge in [0.1, 0.15) is 11.3 Å². The summed E-state index contributed by atoms with van der Waals surface area (Å²) in [6.07, 6.45) is 2.83. The zero-order chi connectivity index (χ0) is 24.4. The van der Waals surface area contributed by atoms with E-state index in [0.29, 0.717) is 18.3 Å². The molecule has 1 aromatic carbocycles. The summed E-state index contributed by atoms with van der Waals surface area (Å²) in [6, 6.07) is 1.99. The highest BCUT2D eigenvalue weighted by Crippen LogP contribution is 2.34. The number of piperidine rings is 1. The van der Waals surface area contributed by atoms with Crippen LogP contribution in [0.3, 0.4) is 0 Å². The number of hydrogen-bond acceptors (Lipinski definition) is 7. The van der Waals surface area contributed by atoms with Crippen LogP contribution in [0.4, 0.5) is 20.4 Å². The number of aryl methyl sites for hydroxylation is 1. The molecule has 11 heteroatoms. The molecule has 4 heterocycles. The number of aliphatic hydroxyl groups is 1. The molecule has 0 bridgehead atoms. The van der Waals surface area contributed by atoms with Crippen LogP contribution in [0.15, 0.2) is 18.3 Å². The molecule has 0 saturated carbocycles. The van der Waals surface area contributed by atoms with Gasteiger partial charge in [-0.2, -0.15) is 9.61 Å². The molecule has 0 aliphatic carbocycles. The predicted octanol–water partition coefficient (Wildman–Crippen LogP) is 3.00. The number of aliphatic hydroxyl groups excluding tert-OH is 1. The van der Waals surface area contributed by atoms with E-state index in [4.69, 9.17) is 5.73 Å². The minimum atomic E-state index is -0.787. The number of halogens is 2.